The highest BCUT2D eigenvalue weighted by Gasteiger charge is 1.96. The first-order chi connectivity index (χ1) is 12.3. The van der Waals surface area contributed by atoms with Crippen LogP contribution in [0.25, 0.3) is 11.4 Å². The average molecular weight is 332 g/mol. The Morgan fingerprint density at radius 2 is 1.28 bits per heavy atom. The zero-order chi connectivity index (χ0) is 17.5. The minimum atomic E-state index is 1.00. The van der Waals surface area contributed by atoms with Gasteiger partial charge in [-0.1, -0.05) is 31.2 Å². The van der Waals surface area contributed by atoms with E-state index >= 15 is 0 Å². The summed E-state index contributed by atoms with van der Waals surface area (Å²) in [5.41, 5.74) is 4.54. The molecule has 25 heavy (non-hydrogen) atoms. The molecule has 0 N–H and O–H groups in total. The molecule has 0 spiro atoms. The second-order valence-electron chi connectivity index (χ2n) is 5.50. The molecule has 6 heteroatoms. The summed E-state index contributed by atoms with van der Waals surface area (Å²) in [7, 11) is 0. The molecule has 0 saturated carbocycles. The lowest BCUT2D eigenvalue weighted by Crippen LogP contribution is -1.97. The van der Waals surface area contributed by atoms with Crippen molar-refractivity contribution in [1.29, 1.82) is 0 Å². The fraction of sp³-hybridized carbons (Fsp3) is 0.158. The summed E-state index contributed by atoms with van der Waals surface area (Å²) in [5, 5.41) is 16.2. The Hall–Kier alpha value is -3.28. The summed E-state index contributed by atoms with van der Waals surface area (Å²) in [6.45, 7) is 4.19. The Bertz CT molecular complexity index is 880. The van der Waals surface area contributed by atoms with E-state index in [0.717, 1.165) is 17.8 Å². The first kappa shape index (κ1) is 16.6. The van der Waals surface area contributed by atoms with E-state index in [2.05, 4.69) is 39.5 Å². The van der Waals surface area contributed by atoms with Crippen LogP contribution < -0.4 is 0 Å². The summed E-state index contributed by atoms with van der Waals surface area (Å²) >= 11 is 0. The summed E-state index contributed by atoms with van der Waals surface area (Å²) in [4.78, 5) is 3.21. The molecule has 2 aromatic heterocycles. The fourth-order valence-corrected chi connectivity index (χ4v) is 2.32. The number of benzene rings is 2. The monoisotopic (exact) mass is 332 g/mol. The van der Waals surface area contributed by atoms with Gasteiger partial charge in [-0.25, -0.2) is 0 Å². The van der Waals surface area contributed by atoms with E-state index in [1.807, 2.05) is 43.3 Å². The van der Waals surface area contributed by atoms with Gasteiger partial charge in [-0.15, -0.1) is 0 Å². The minimum absolute atomic E-state index is 1.00. The van der Waals surface area contributed by atoms with Crippen LogP contribution in [0.1, 0.15) is 18.1 Å². The van der Waals surface area contributed by atoms with Gasteiger partial charge in [-0.3, -0.25) is 0 Å². The molecule has 0 aliphatic rings. The number of hydrogen-bond acceptors (Lipinski definition) is 4. The van der Waals surface area contributed by atoms with Crippen LogP contribution in [0.2, 0.25) is 0 Å². The van der Waals surface area contributed by atoms with E-state index in [4.69, 9.17) is 0 Å². The van der Waals surface area contributed by atoms with Crippen molar-refractivity contribution >= 4 is 0 Å². The number of aryl methyl sites for hydroxylation is 2. The smallest absolute Gasteiger partial charge is 0.0859 e. The van der Waals surface area contributed by atoms with E-state index in [9.17, 15) is 0 Å². The Morgan fingerprint density at radius 1 is 0.720 bits per heavy atom. The normalized spacial score (nSPS) is 10.2. The van der Waals surface area contributed by atoms with Gasteiger partial charge in [0.15, 0.2) is 0 Å². The van der Waals surface area contributed by atoms with Gasteiger partial charge in [0.25, 0.3) is 0 Å². The molecule has 4 aromatic rings. The number of nitrogens with zero attached hydrogens (tertiary/aromatic N) is 6. The zero-order valence-electron chi connectivity index (χ0n) is 14.3. The van der Waals surface area contributed by atoms with Crippen molar-refractivity contribution in [1.82, 2.24) is 30.0 Å². The van der Waals surface area contributed by atoms with Gasteiger partial charge < -0.3 is 0 Å². The van der Waals surface area contributed by atoms with Gasteiger partial charge in [-0.05, 0) is 48.7 Å². The summed E-state index contributed by atoms with van der Waals surface area (Å²) < 4.78 is 0. The van der Waals surface area contributed by atoms with E-state index in [0.29, 0.717) is 0 Å². The molecular weight excluding hydrogens is 312 g/mol. The minimum Gasteiger partial charge on any atom is -0.157 e. The van der Waals surface area contributed by atoms with Crippen LogP contribution in [-0.2, 0) is 6.42 Å². The van der Waals surface area contributed by atoms with Crippen molar-refractivity contribution in [2.75, 3.05) is 0 Å². The third-order valence-electron chi connectivity index (χ3n) is 3.65. The van der Waals surface area contributed by atoms with Crippen molar-refractivity contribution in [3.8, 4) is 11.4 Å². The lowest BCUT2D eigenvalue weighted by Gasteiger charge is -2.00. The molecule has 0 atom stereocenters. The molecule has 0 unspecified atom stereocenters. The average Bonchev–Trinajstić information content (AvgIpc) is 3.36. The predicted molar refractivity (Wildman–Crippen MR) is 96.8 cm³/mol. The second kappa shape index (κ2) is 8.01. The summed E-state index contributed by atoms with van der Waals surface area (Å²) in [5.74, 6) is 0. The molecule has 0 aliphatic heterocycles. The SMILES string of the molecule is CCc1ccc(-n2nccn2)cc1.Cc1cccc(-n2nccn2)c1. The molecule has 6 nitrogen and oxygen atoms in total. The topological polar surface area (TPSA) is 61.4 Å². The van der Waals surface area contributed by atoms with Gasteiger partial charge in [0.2, 0.25) is 0 Å². The first-order valence-corrected chi connectivity index (χ1v) is 8.15. The van der Waals surface area contributed by atoms with Crippen molar-refractivity contribution in [3.05, 3.63) is 84.4 Å². The molecule has 0 fully saturated rings. The van der Waals surface area contributed by atoms with Gasteiger partial charge in [0.05, 0.1) is 36.2 Å². The molecule has 4 rings (SSSR count). The molecule has 126 valence electrons. The highest BCUT2D eigenvalue weighted by molar-refractivity contribution is 5.33. The van der Waals surface area contributed by atoms with Crippen LogP contribution >= 0.6 is 0 Å². The van der Waals surface area contributed by atoms with Crippen LogP contribution in [0.5, 0.6) is 0 Å². The molecule has 0 aliphatic carbocycles. The third kappa shape index (κ3) is 4.38. The van der Waals surface area contributed by atoms with Crippen molar-refractivity contribution in [3.63, 3.8) is 0 Å². The zero-order valence-corrected chi connectivity index (χ0v) is 14.3. The van der Waals surface area contributed by atoms with E-state index in [1.165, 1.54) is 11.1 Å². The van der Waals surface area contributed by atoms with E-state index in [-0.39, 0.29) is 0 Å². The van der Waals surface area contributed by atoms with Crippen LogP contribution in [-0.4, -0.2) is 30.0 Å². The lowest BCUT2D eigenvalue weighted by atomic mass is 10.2. The molecule has 2 aromatic carbocycles. The maximum absolute atomic E-state index is 4.05. The third-order valence-corrected chi connectivity index (χ3v) is 3.65. The Balaban J connectivity index is 0.000000146. The number of rotatable bonds is 3. The van der Waals surface area contributed by atoms with Crippen molar-refractivity contribution < 1.29 is 0 Å². The van der Waals surface area contributed by atoms with Crippen LogP contribution in [0.15, 0.2) is 73.3 Å². The molecule has 2 heterocycles. The van der Waals surface area contributed by atoms with E-state index in [1.54, 1.807) is 34.4 Å². The van der Waals surface area contributed by atoms with Gasteiger partial charge >= 0.3 is 0 Å². The fourth-order valence-electron chi connectivity index (χ4n) is 2.32. The van der Waals surface area contributed by atoms with Crippen LogP contribution in [0.4, 0.5) is 0 Å². The molecule has 0 radical (unpaired) electrons. The Morgan fingerprint density at radius 3 is 1.80 bits per heavy atom. The summed E-state index contributed by atoms with van der Waals surface area (Å²) in [6.07, 6.45) is 7.75. The van der Waals surface area contributed by atoms with Gasteiger partial charge in [-0.2, -0.15) is 30.0 Å². The molecular formula is C19H20N6. The highest BCUT2D eigenvalue weighted by Crippen LogP contribution is 2.07. The maximum atomic E-state index is 4.05. The Labute approximate surface area is 146 Å². The molecule has 0 bridgehead atoms. The van der Waals surface area contributed by atoms with E-state index < -0.39 is 0 Å². The number of aromatic nitrogens is 6. The second-order valence-corrected chi connectivity index (χ2v) is 5.50. The summed E-state index contributed by atoms with van der Waals surface area (Å²) in [6, 6.07) is 16.3. The molecule has 0 saturated heterocycles. The molecule has 0 amide bonds. The standard InChI is InChI=1S/C10H11N3.C9H9N3/c1-2-9-3-5-10(6-4-9)13-11-7-8-12-13;1-8-3-2-4-9(7-8)12-10-5-6-11-12/h3-8H,2H2,1H3;2-7H,1H3. The highest BCUT2D eigenvalue weighted by atomic mass is 15.5. The Kier molecular flexibility index (Phi) is 5.31. The van der Waals surface area contributed by atoms with Crippen molar-refractivity contribution in [2.24, 2.45) is 0 Å². The van der Waals surface area contributed by atoms with Gasteiger partial charge in [0.1, 0.15) is 0 Å². The van der Waals surface area contributed by atoms with Crippen LogP contribution in [0, 0.1) is 6.92 Å². The van der Waals surface area contributed by atoms with Crippen LogP contribution in [0.3, 0.4) is 0 Å². The van der Waals surface area contributed by atoms with Crippen molar-refractivity contribution in [2.45, 2.75) is 20.3 Å². The number of hydrogen-bond donors (Lipinski definition) is 0. The lowest BCUT2D eigenvalue weighted by molar-refractivity contribution is 0.751. The first-order valence-electron chi connectivity index (χ1n) is 8.15. The van der Waals surface area contributed by atoms with Gasteiger partial charge in [0, 0.05) is 0 Å². The maximum Gasteiger partial charge on any atom is 0.0859 e. The predicted octanol–water partition coefficient (Wildman–Crippen LogP) is 3.41. The quantitative estimate of drug-likeness (QED) is 0.577. The largest absolute Gasteiger partial charge is 0.157 e.